The van der Waals surface area contributed by atoms with Gasteiger partial charge in [0.2, 0.25) is 0 Å². The van der Waals surface area contributed by atoms with Crippen molar-refractivity contribution in [2.24, 2.45) is 5.73 Å². The molecule has 0 unspecified atom stereocenters. The number of nitrogens with one attached hydrogen (secondary N) is 1. The molecule has 0 saturated carbocycles. The highest BCUT2D eigenvalue weighted by atomic mass is 16.5. The molecule has 5 heteroatoms. The Labute approximate surface area is 114 Å². The van der Waals surface area contributed by atoms with Crippen LogP contribution in [0.1, 0.15) is 6.42 Å². The first kappa shape index (κ1) is 13.7. The van der Waals surface area contributed by atoms with Crippen LogP contribution < -0.4 is 15.4 Å². The molecule has 19 heavy (non-hydrogen) atoms. The lowest BCUT2D eigenvalue weighted by atomic mass is 10.2. The highest BCUT2D eigenvalue weighted by molar-refractivity contribution is 5.76. The first-order valence-corrected chi connectivity index (χ1v) is 6.63. The Hall–Kier alpha value is -1.75. The number of hydrogen-bond donors (Lipinski definition) is 2. The number of nitrogens with zero attached hydrogens (tertiary/aromatic N) is 2. The molecule has 0 radical (unpaired) electrons. The SMILES string of the molecule is COc1cccc(N2CCN(CCC(=N)N)CC2)c1. The fraction of sp³-hybridized carbons (Fsp3) is 0.500. The van der Waals surface area contributed by atoms with E-state index in [1.807, 2.05) is 12.1 Å². The van der Waals surface area contributed by atoms with Gasteiger partial charge in [-0.1, -0.05) is 6.07 Å². The van der Waals surface area contributed by atoms with Crippen LogP contribution >= 0.6 is 0 Å². The minimum Gasteiger partial charge on any atom is -0.497 e. The Morgan fingerprint density at radius 2 is 2.05 bits per heavy atom. The van der Waals surface area contributed by atoms with Crippen LogP contribution in [0.3, 0.4) is 0 Å². The molecule has 0 bridgehead atoms. The second kappa shape index (κ2) is 6.43. The van der Waals surface area contributed by atoms with Crippen molar-refractivity contribution in [2.45, 2.75) is 6.42 Å². The fourth-order valence-corrected chi connectivity index (χ4v) is 2.32. The van der Waals surface area contributed by atoms with Gasteiger partial charge in [-0.05, 0) is 12.1 Å². The van der Waals surface area contributed by atoms with Crippen molar-refractivity contribution >= 4 is 11.5 Å². The Kier molecular flexibility index (Phi) is 4.63. The van der Waals surface area contributed by atoms with Crippen molar-refractivity contribution in [3.05, 3.63) is 24.3 Å². The van der Waals surface area contributed by atoms with Crippen LogP contribution in [-0.2, 0) is 0 Å². The van der Waals surface area contributed by atoms with E-state index in [1.165, 1.54) is 5.69 Å². The normalized spacial score (nSPS) is 16.4. The Morgan fingerprint density at radius 3 is 2.68 bits per heavy atom. The lowest BCUT2D eigenvalue weighted by Gasteiger charge is -2.36. The molecule has 3 N–H and O–H groups in total. The maximum atomic E-state index is 7.26. The van der Waals surface area contributed by atoms with Crippen molar-refractivity contribution in [1.29, 1.82) is 5.41 Å². The van der Waals surface area contributed by atoms with Gasteiger partial charge in [-0.2, -0.15) is 0 Å². The van der Waals surface area contributed by atoms with Gasteiger partial charge in [0.1, 0.15) is 5.75 Å². The second-order valence-electron chi connectivity index (χ2n) is 4.81. The Balaban J connectivity index is 1.87. The molecule has 0 spiro atoms. The highest BCUT2D eigenvalue weighted by Gasteiger charge is 2.17. The average Bonchev–Trinajstić information content (AvgIpc) is 2.45. The first-order chi connectivity index (χ1) is 9.19. The molecule has 1 aromatic carbocycles. The van der Waals surface area contributed by atoms with Crippen LogP contribution in [0.5, 0.6) is 5.75 Å². The zero-order valence-electron chi connectivity index (χ0n) is 11.4. The molecule has 0 aromatic heterocycles. The molecular formula is C14H22N4O. The Bertz CT molecular complexity index is 427. The van der Waals surface area contributed by atoms with Gasteiger partial charge < -0.3 is 15.4 Å². The smallest absolute Gasteiger partial charge is 0.120 e. The molecule has 0 amide bonds. The number of ether oxygens (including phenoxy) is 1. The van der Waals surface area contributed by atoms with Crippen molar-refractivity contribution in [3.63, 3.8) is 0 Å². The third-order valence-corrected chi connectivity index (χ3v) is 3.49. The molecule has 104 valence electrons. The summed E-state index contributed by atoms with van der Waals surface area (Å²) in [7, 11) is 1.69. The number of methoxy groups -OCH3 is 1. The predicted octanol–water partition coefficient (Wildman–Crippen LogP) is 1.14. The lowest BCUT2D eigenvalue weighted by Crippen LogP contribution is -2.47. The lowest BCUT2D eigenvalue weighted by molar-refractivity contribution is 0.264. The van der Waals surface area contributed by atoms with E-state index >= 15 is 0 Å². The summed E-state index contributed by atoms with van der Waals surface area (Å²) in [6.45, 7) is 4.94. The van der Waals surface area contributed by atoms with Crippen LogP contribution in [0.4, 0.5) is 5.69 Å². The number of nitrogens with two attached hydrogens (primary N) is 1. The largest absolute Gasteiger partial charge is 0.497 e. The standard InChI is InChI=1S/C14H22N4O/c1-19-13-4-2-3-12(11-13)18-9-7-17(8-10-18)6-5-14(15)16/h2-4,11H,5-10H2,1H3,(H3,15,16). The van der Waals surface area contributed by atoms with E-state index in [-0.39, 0.29) is 5.84 Å². The van der Waals surface area contributed by atoms with E-state index in [2.05, 4.69) is 21.9 Å². The van der Waals surface area contributed by atoms with Crippen LogP contribution in [0.25, 0.3) is 0 Å². The summed E-state index contributed by atoms with van der Waals surface area (Å²) in [4.78, 5) is 4.73. The van der Waals surface area contributed by atoms with E-state index in [4.69, 9.17) is 15.9 Å². The van der Waals surface area contributed by atoms with E-state index in [1.54, 1.807) is 7.11 Å². The molecule has 1 heterocycles. The molecule has 2 rings (SSSR count). The second-order valence-corrected chi connectivity index (χ2v) is 4.81. The molecule has 1 saturated heterocycles. The molecular weight excluding hydrogens is 240 g/mol. The van der Waals surface area contributed by atoms with Gasteiger partial charge in [0, 0.05) is 50.9 Å². The van der Waals surface area contributed by atoms with Crippen LogP contribution in [0.15, 0.2) is 24.3 Å². The summed E-state index contributed by atoms with van der Waals surface area (Å²) in [6, 6.07) is 8.18. The van der Waals surface area contributed by atoms with Crippen molar-refractivity contribution < 1.29 is 4.74 Å². The van der Waals surface area contributed by atoms with E-state index in [9.17, 15) is 0 Å². The van der Waals surface area contributed by atoms with Crippen molar-refractivity contribution in [3.8, 4) is 5.75 Å². The van der Waals surface area contributed by atoms with Gasteiger partial charge in [-0.15, -0.1) is 0 Å². The first-order valence-electron chi connectivity index (χ1n) is 6.63. The number of piperazine rings is 1. The maximum Gasteiger partial charge on any atom is 0.120 e. The van der Waals surface area contributed by atoms with E-state index in [0.717, 1.165) is 38.5 Å². The van der Waals surface area contributed by atoms with Gasteiger partial charge in [0.15, 0.2) is 0 Å². The summed E-state index contributed by atoms with van der Waals surface area (Å²) >= 11 is 0. The zero-order chi connectivity index (χ0) is 13.7. The number of anilines is 1. The number of hydrogen-bond acceptors (Lipinski definition) is 4. The quantitative estimate of drug-likeness (QED) is 0.617. The molecule has 1 aliphatic rings. The Morgan fingerprint density at radius 1 is 1.32 bits per heavy atom. The predicted molar refractivity (Wildman–Crippen MR) is 78.2 cm³/mol. The van der Waals surface area contributed by atoms with Crippen LogP contribution in [0.2, 0.25) is 0 Å². The molecule has 0 aliphatic carbocycles. The van der Waals surface area contributed by atoms with E-state index in [0.29, 0.717) is 6.42 Å². The molecule has 1 aromatic rings. The van der Waals surface area contributed by atoms with Gasteiger partial charge in [0.05, 0.1) is 12.9 Å². The van der Waals surface area contributed by atoms with Crippen molar-refractivity contribution in [2.75, 3.05) is 44.7 Å². The number of amidine groups is 1. The van der Waals surface area contributed by atoms with E-state index < -0.39 is 0 Å². The van der Waals surface area contributed by atoms with Gasteiger partial charge in [0.25, 0.3) is 0 Å². The number of benzene rings is 1. The van der Waals surface area contributed by atoms with Gasteiger partial charge in [-0.25, -0.2) is 0 Å². The maximum absolute atomic E-state index is 7.26. The average molecular weight is 262 g/mol. The minimum atomic E-state index is 0.273. The summed E-state index contributed by atoms with van der Waals surface area (Å²) in [6.07, 6.45) is 0.666. The van der Waals surface area contributed by atoms with Crippen molar-refractivity contribution in [1.82, 2.24) is 4.90 Å². The van der Waals surface area contributed by atoms with Gasteiger partial charge in [-0.3, -0.25) is 10.3 Å². The number of rotatable bonds is 5. The van der Waals surface area contributed by atoms with Gasteiger partial charge >= 0.3 is 0 Å². The molecule has 0 atom stereocenters. The summed E-state index contributed by atoms with van der Waals surface area (Å²) in [5, 5.41) is 7.26. The molecule has 5 nitrogen and oxygen atoms in total. The third kappa shape index (κ3) is 3.86. The third-order valence-electron chi connectivity index (χ3n) is 3.49. The summed E-state index contributed by atoms with van der Waals surface area (Å²) in [5.74, 6) is 1.17. The van der Waals surface area contributed by atoms with Crippen LogP contribution in [-0.4, -0.2) is 50.6 Å². The minimum absolute atomic E-state index is 0.273. The zero-order valence-corrected chi connectivity index (χ0v) is 11.4. The molecule has 1 fully saturated rings. The topological polar surface area (TPSA) is 65.6 Å². The van der Waals surface area contributed by atoms with Crippen LogP contribution in [0, 0.1) is 5.41 Å². The summed E-state index contributed by atoms with van der Waals surface area (Å²) in [5.41, 5.74) is 6.61. The molecule has 1 aliphatic heterocycles. The highest BCUT2D eigenvalue weighted by Crippen LogP contribution is 2.22. The summed E-state index contributed by atoms with van der Waals surface area (Å²) < 4.78 is 5.26. The monoisotopic (exact) mass is 262 g/mol. The fourth-order valence-electron chi connectivity index (χ4n) is 2.32.